The number of carbonyl (C=O) groups is 2. The van der Waals surface area contributed by atoms with Gasteiger partial charge in [-0.05, 0) is 37.3 Å². The van der Waals surface area contributed by atoms with Gasteiger partial charge >= 0.3 is 0 Å². The first-order valence-corrected chi connectivity index (χ1v) is 8.87. The summed E-state index contributed by atoms with van der Waals surface area (Å²) in [7, 11) is 0. The lowest BCUT2D eigenvalue weighted by Crippen LogP contribution is -2.49. The lowest BCUT2D eigenvalue weighted by atomic mass is 9.76. The molecule has 0 spiro atoms. The highest BCUT2D eigenvalue weighted by molar-refractivity contribution is 6.23. The first-order valence-electron chi connectivity index (χ1n) is 8.87. The fourth-order valence-electron chi connectivity index (χ4n) is 4.44. The molecule has 0 aromatic heterocycles. The number of amides is 2. The summed E-state index contributed by atoms with van der Waals surface area (Å²) in [5, 5.41) is 0. The van der Waals surface area contributed by atoms with Gasteiger partial charge in [-0.3, -0.25) is 9.59 Å². The van der Waals surface area contributed by atoms with Gasteiger partial charge in [0.25, 0.3) is 0 Å². The van der Waals surface area contributed by atoms with E-state index < -0.39 is 29.8 Å². The first kappa shape index (κ1) is 16.0. The van der Waals surface area contributed by atoms with Crippen LogP contribution in [0.1, 0.15) is 6.92 Å². The summed E-state index contributed by atoms with van der Waals surface area (Å²) < 4.78 is 22.7. The lowest BCUT2D eigenvalue weighted by Gasteiger charge is -2.32. The van der Waals surface area contributed by atoms with Crippen LogP contribution >= 0.6 is 0 Å². The summed E-state index contributed by atoms with van der Waals surface area (Å²) in [6.07, 6.45) is 2.61. The molecule has 4 heterocycles. The van der Waals surface area contributed by atoms with Gasteiger partial charge in [0, 0.05) is 0 Å². The summed E-state index contributed by atoms with van der Waals surface area (Å²) in [6, 6.07) is 6.98. The minimum Gasteiger partial charge on any atom is -0.494 e. The maximum atomic E-state index is 13.2. The minimum absolute atomic E-state index is 0.238. The lowest BCUT2D eigenvalue weighted by molar-refractivity contribution is -0.180. The third-order valence-electron chi connectivity index (χ3n) is 5.47. The van der Waals surface area contributed by atoms with E-state index in [1.54, 1.807) is 24.3 Å². The van der Waals surface area contributed by atoms with Crippen molar-refractivity contribution in [1.29, 1.82) is 0 Å². The van der Waals surface area contributed by atoms with Gasteiger partial charge in [0.1, 0.15) is 5.75 Å². The van der Waals surface area contributed by atoms with Gasteiger partial charge in [0.15, 0.2) is 11.9 Å². The van der Waals surface area contributed by atoms with E-state index in [1.165, 1.54) is 4.90 Å². The average Bonchev–Trinajstić information content (AvgIpc) is 3.40. The Labute approximate surface area is 150 Å². The molecule has 2 bridgehead atoms. The highest BCUT2D eigenvalue weighted by Crippen LogP contribution is 2.55. The van der Waals surface area contributed by atoms with Crippen molar-refractivity contribution >= 4 is 17.5 Å². The van der Waals surface area contributed by atoms with Crippen LogP contribution in [-0.4, -0.2) is 49.6 Å². The molecule has 4 atom stereocenters. The van der Waals surface area contributed by atoms with Crippen LogP contribution in [0.3, 0.4) is 0 Å². The molecule has 4 aliphatic heterocycles. The van der Waals surface area contributed by atoms with Gasteiger partial charge in [-0.15, -0.1) is 0 Å². The number of fused-ring (bicyclic) bond motifs is 5. The molecular formula is C19H19NO6. The predicted molar refractivity (Wildman–Crippen MR) is 89.5 cm³/mol. The Morgan fingerprint density at radius 1 is 1.15 bits per heavy atom. The molecule has 5 rings (SSSR count). The molecule has 26 heavy (non-hydrogen) atoms. The van der Waals surface area contributed by atoms with Gasteiger partial charge < -0.3 is 18.9 Å². The molecule has 0 aliphatic carbocycles. The Morgan fingerprint density at radius 2 is 1.88 bits per heavy atom. The van der Waals surface area contributed by atoms with Crippen molar-refractivity contribution in [2.45, 2.75) is 24.9 Å². The molecule has 1 aromatic carbocycles. The second-order valence-corrected chi connectivity index (χ2v) is 6.81. The molecule has 3 fully saturated rings. The van der Waals surface area contributed by atoms with Gasteiger partial charge in [-0.2, -0.15) is 0 Å². The number of benzene rings is 1. The van der Waals surface area contributed by atoms with Crippen LogP contribution in [0, 0.1) is 11.8 Å². The third-order valence-corrected chi connectivity index (χ3v) is 5.47. The van der Waals surface area contributed by atoms with Gasteiger partial charge in [-0.1, -0.05) is 6.08 Å². The molecular weight excluding hydrogens is 338 g/mol. The molecule has 7 heteroatoms. The van der Waals surface area contributed by atoms with Crippen LogP contribution < -0.4 is 9.64 Å². The highest BCUT2D eigenvalue weighted by Gasteiger charge is 2.71. The van der Waals surface area contributed by atoms with E-state index in [0.29, 0.717) is 31.3 Å². The average molecular weight is 357 g/mol. The molecule has 2 amide bonds. The number of imide groups is 1. The van der Waals surface area contributed by atoms with E-state index in [1.807, 2.05) is 19.1 Å². The van der Waals surface area contributed by atoms with Crippen LogP contribution in [-0.2, 0) is 23.8 Å². The van der Waals surface area contributed by atoms with Gasteiger partial charge in [0.2, 0.25) is 11.8 Å². The Morgan fingerprint density at radius 3 is 2.58 bits per heavy atom. The summed E-state index contributed by atoms with van der Waals surface area (Å²) in [5.74, 6) is -0.968. The van der Waals surface area contributed by atoms with E-state index in [9.17, 15) is 9.59 Å². The molecule has 136 valence electrons. The number of hydrogen-bond donors (Lipinski definition) is 0. The Hall–Kier alpha value is -2.22. The molecule has 4 aliphatic rings. The molecule has 0 radical (unpaired) electrons. The molecule has 0 unspecified atom stereocenters. The van der Waals surface area contributed by atoms with E-state index in [-0.39, 0.29) is 11.8 Å². The van der Waals surface area contributed by atoms with Crippen molar-refractivity contribution in [3.8, 4) is 5.75 Å². The fourth-order valence-corrected chi connectivity index (χ4v) is 4.44. The Balaban J connectivity index is 1.49. The maximum absolute atomic E-state index is 13.2. The van der Waals surface area contributed by atoms with E-state index in [0.717, 1.165) is 0 Å². The van der Waals surface area contributed by atoms with Crippen molar-refractivity contribution < 1.29 is 28.5 Å². The molecule has 0 saturated carbocycles. The normalized spacial score (nSPS) is 35.6. The van der Waals surface area contributed by atoms with Crippen LogP contribution in [0.4, 0.5) is 5.69 Å². The standard InChI is InChI=1S/C19H19NO6/c1-2-23-12-5-3-11(4-6-12)20-16(21)14-13-7-8-19(26-13,15(14)17(20)22)18-24-9-10-25-18/h3-8,13-15,18H,2,9-10H2,1H3/t13-,14-,15+,19-/m1/s1. The quantitative estimate of drug-likeness (QED) is 0.597. The number of rotatable bonds is 4. The fraction of sp³-hybridized carbons (Fsp3) is 0.474. The highest BCUT2D eigenvalue weighted by atomic mass is 16.7. The van der Waals surface area contributed by atoms with Crippen LogP contribution in [0.25, 0.3) is 0 Å². The zero-order valence-electron chi connectivity index (χ0n) is 14.3. The Kier molecular flexibility index (Phi) is 3.47. The predicted octanol–water partition coefficient (Wildman–Crippen LogP) is 1.27. The second-order valence-electron chi connectivity index (χ2n) is 6.81. The second kappa shape index (κ2) is 5.64. The number of anilines is 1. The molecule has 3 saturated heterocycles. The number of carbonyl (C=O) groups excluding carboxylic acids is 2. The van der Waals surface area contributed by atoms with Gasteiger partial charge in [0.05, 0.1) is 43.4 Å². The number of nitrogens with zero attached hydrogens (tertiary/aromatic N) is 1. The zero-order valence-corrected chi connectivity index (χ0v) is 14.3. The Bertz CT molecular complexity index is 784. The number of ether oxygens (including phenoxy) is 4. The van der Waals surface area contributed by atoms with Crippen molar-refractivity contribution in [2.75, 3.05) is 24.7 Å². The third kappa shape index (κ3) is 1.99. The van der Waals surface area contributed by atoms with Crippen molar-refractivity contribution in [3.05, 3.63) is 36.4 Å². The van der Waals surface area contributed by atoms with Crippen molar-refractivity contribution in [1.82, 2.24) is 0 Å². The van der Waals surface area contributed by atoms with Gasteiger partial charge in [-0.25, -0.2) is 4.90 Å². The largest absolute Gasteiger partial charge is 0.494 e. The topological polar surface area (TPSA) is 74.3 Å². The van der Waals surface area contributed by atoms with Crippen LogP contribution in [0.2, 0.25) is 0 Å². The van der Waals surface area contributed by atoms with E-state index in [2.05, 4.69) is 0 Å². The van der Waals surface area contributed by atoms with Crippen molar-refractivity contribution in [3.63, 3.8) is 0 Å². The SMILES string of the molecule is CCOc1ccc(N2C(=O)[C@H]3[C@@H](C2=O)[C@@]2(C4OCCO4)C=C[C@H]3O2)cc1. The molecule has 1 aromatic rings. The molecule has 7 nitrogen and oxygen atoms in total. The summed E-state index contributed by atoms with van der Waals surface area (Å²) in [6.45, 7) is 3.37. The van der Waals surface area contributed by atoms with Crippen LogP contribution in [0.15, 0.2) is 36.4 Å². The molecule has 0 N–H and O–H groups in total. The monoisotopic (exact) mass is 357 g/mol. The van der Waals surface area contributed by atoms with Crippen molar-refractivity contribution in [2.24, 2.45) is 11.8 Å². The van der Waals surface area contributed by atoms with Crippen LogP contribution in [0.5, 0.6) is 5.75 Å². The first-order chi connectivity index (χ1) is 12.7. The zero-order chi connectivity index (χ0) is 17.9. The minimum atomic E-state index is -1.02. The summed E-state index contributed by atoms with van der Waals surface area (Å²) >= 11 is 0. The summed E-state index contributed by atoms with van der Waals surface area (Å²) in [5.41, 5.74) is -0.473. The van der Waals surface area contributed by atoms with E-state index >= 15 is 0 Å². The number of hydrogen-bond acceptors (Lipinski definition) is 6. The van der Waals surface area contributed by atoms with E-state index in [4.69, 9.17) is 18.9 Å². The smallest absolute Gasteiger partial charge is 0.241 e. The maximum Gasteiger partial charge on any atom is 0.241 e. The summed E-state index contributed by atoms with van der Waals surface area (Å²) in [4.78, 5) is 27.5.